The van der Waals surface area contributed by atoms with Crippen molar-refractivity contribution in [3.05, 3.63) is 131 Å². The summed E-state index contributed by atoms with van der Waals surface area (Å²) < 4.78 is 12.3. The van der Waals surface area contributed by atoms with Crippen molar-refractivity contribution in [3.63, 3.8) is 0 Å². The van der Waals surface area contributed by atoms with E-state index in [1.807, 2.05) is 62.4 Å². The topological polar surface area (TPSA) is 18.5 Å². The molecule has 35 heavy (non-hydrogen) atoms. The largest absolute Gasteiger partial charge is 0.457 e. The van der Waals surface area contributed by atoms with E-state index in [1.165, 1.54) is 11.1 Å². The monoisotopic (exact) mass is 460 g/mol. The first kappa shape index (κ1) is 24.1. The standard InChI is InChI=1S/C33H32O2/c1-4-11-27-13-7-9-15-32(27)34-29-21-17-25(18-22-29)31(6-3)26-19-23-30(24-20-26)35-33-16-10-8-14-28(33)12-5-2/h4-5,7-24,31H,6H2,1-3H3. The van der Waals surface area contributed by atoms with Gasteiger partial charge in [-0.3, -0.25) is 0 Å². The van der Waals surface area contributed by atoms with E-state index >= 15 is 0 Å². The highest BCUT2D eigenvalue weighted by molar-refractivity contribution is 5.58. The van der Waals surface area contributed by atoms with Crippen LogP contribution in [-0.4, -0.2) is 0 Å². The molecule has 4 aromatic rings. The van der Waals surface area contributed by atoms with E-state index in [9.17, 15) is 0 Å². The van der Waals surface area contributed by atoms with Crippen LogP contribution >= 0.6 is 0 Å². The van der Waals surface area contributed by atoms with Crippen molar-refractivity contribution < 1.29 is 9.47 Å². The van der Waals surface area contributed by atoms with Crippen LogP contribution in [0.15, 0.2) is 109 Å². The molecule has 0 aliphatic carbocycles. The maximum atomic E-state index is 6.16. The zero-order valence-electron chi connectivity index (χ0n) is 20.6. The summed E-state index contributed by atoms with van der Waals surface area (Å²) in [5, 5.41) is 0. The van der Waals surface area contributed by atoms with Crippen LogP contribution in [0.5, 0.6) is 23.0 Å². The lowest BCUT2D eigenvalue weighted by Crippen LogP contribution is -2.00. The summed E-state index contributed by atoms with van der Waals surface area (Å²) in [4.78, 5) is 0. The molecule has 0 N–H and O–H groups in total. The van der Waals surface area contributed by atoms with Gasteiger partial charge in [0.15, 0.2) is 0 Å². The summed E-state index contributed by atoms with van der Waals surface area (Å²) in [6.07, 6.45) is 9.17. The zero-order chi connectivity index (χ0) is 24.5. The van der Waals surface area contributed by atoms with Crippen LogP contribution in [0.1, 0.15) is 55.4 Å². The molecule has 2 heteroatoms. The second-order valence-corrected chi connectivity index (χ2v) is 8.38. The Bertz CT molecular complexity index is 1180. The first-order valence-corrected chi connectivity index (χ1v) is 12.2. The van der Waals surface area contributed by atoms with E-state index in [4.69, 9.17) is 9.47 Å². The lowest BCUT2D eigenvalue weighted by Gasteiger charge is -2.18. The van der Waals surface area contributed by atoms with E-state index in [0.29, 0.717) is 5.92 Å². The van der Waals surface area contributed by atoms with Gasteiger partial charge in [0.1, 0.15) is 23.0 Å². The van der Waals surface area contributed by atoms with Gasteiger partial charge in [0, 0.05) is 17.0 Å². The molecule has 0 saturated heterocycles. The molecule has 0 spiro atoms. The van der Waals surface area contributed by atoms with Crippen molar-refractivity contribution in [3.8, 4) is 23.0 Å². The summed E-state index contributed by atoms with van der Waals surface area (Å²) in [6.45, 7) is 6.25. The maximum Gasteiger partial charge on any atom is 0.134 e. The lowest BCUT2D eigenvalue weighted by atomic mass is 9.89. The average Bonchev–Trinajstić information content (AvgIpc) is 2.89. The molecule has 0 atom stereocenters. The number of allylic oxidation sites excluding steroid dienone is 2. The Labute approximate surface area is 209 Å². The molecular formula is C33H32O2. The fraction of sp³-hybridized carbons (Fsp3) is 0.152. The Morgan fingerprint density at radius 1 is 0.571 bits per heavy atom. The fourth-order valence-electron chi connectivity index (χ4n) is 4.24. The van der Waals surface area contributed by atoms with E-state index in [0.717, 1.165) is 40.5 Å². The van der Waals surface area contributed by atoms with Crippen molar-refractivity contribution >= 4 is 12.2 Å². The van der Waals surface area contributed by atoms with Gasteiger partial charge in [0.2, 0.25) is 0 Å². The van der Waals surface area contributed by atoms with Gasteiger partial charge in [0.25, 0.3) is 0 Å². The predicted molar refractivity (Wildman–Crippen MR) is 147 cm³/mol. The molecule has 4 aromatic carbocycles. The molecule has 0 aromatic heterocycles. The number of hydrogen-bond acceptors (Lipinski definition) is 2. The average molecular weight is 461 g/mol. The normalized spacial score (nSPS) is 12.2. The van der Waals surface area contributed by atoms with Gasteiger partial charge in [0.05, 0.1) is 0 Å². The molecule has 0 saturated carbocycles. The van der Waals surface area contributed by atoms with Gasteiger partial charge >= 0.3 is 0 Å². The van der Waals surface area contributed by atoms with Gasteiger partial charge in [-0.2, -0.15) is 0 Å². The third kappa shape index (κ3) is 6.10. The van der Waals surface area contributed by atoms with Gasteiger partial charge in [-0.15, -0.1) is 0 Å². The SMILES string of the molecule is CC=Cc1ccccc1Oc1ccc(C(CC)c2ccc(Oc3ccccc3C=CC)cc2)cc1. The number of hydrogen-bond donors (Lipinski definition) is 0. The second kappa shape index (κ2) is 11.9. The van der Waals surface area contributed by atoms with Gasteiger partial charge < -0.3 is 9.47 Å². The molecular weight excluding hydrogens is 428 g/mol. The third-order valence-corrected chi connectivity index (χ3v) is 5.96. The van der Waals surface area contributed by atoms with Crippen molar-refractivity contribution in [2.24, 2.45) is 0 Å². The van der Waals surface area contributed by atoms with Crippen molar-refractivity contribution in [2.75, 3.05) is 0 Å². The molecule has 0 fully saturated rings. The van der Waals surface area contributed by atoms with E-state index in [2.05, 4.69) is 79.7 Å². The smallest absolute Gasteiger partial charge is 0.134 e. The predicted octanol–water partition coefficient (Wildman–Crippen LogP) is 9.88. The number of rotatable bonds is 9. The molecule has 0 aliphatic heterocycles. The van der Waals surface area contributed by atoms with Crippen LogP contribution in [0.4, 0.5) is 0 Å². The Balaban J connectivity index is 1.48. The van der Waals surface area contributed by atoms with Crippen LogP contribution < -0.4 is 9.47 Å². The molecule has 2 nitrogen and oxygen atoms in total. The number of para-hydroxylation sites is 2. The van der Waals surface area contributed by atoms with Crippen LogP contribution in [0, 0.1) is 0 Å². The maximum absolute atomic E-state index is 6.16. The van der Waals surface area contributed by atoms with Gasteiger partial charge in [-0.1, -0.05) is 91.9 Å². The summed E-state index contributed by atoms with van der Waals surface area (Å²) in [5.41, 5.74) is 4.68. The highest BCUT2D eigenvalue weighted by atomic mass is 16.5. The molecule has 0 aliphatic rings. The van der Waals surface area contributed by atoms with Crippen LogP contribution in [0.3, 0.4) is 0 Å². The highest BCUT2D eigenvalue weighted by Crippen LogP contribution is 2.33. The van der Waals surface area contributed by atoms with Crippen molar-refractivity contribution in [1.82, 2.24) is 0 Å². The molecule has 176 valence electrons. The highest BCUT2D eigenvalue weighted by Gasteiger charge is 2.13. The Hall–Kier alpha value is -4.04. The molecule has 4 rings (SSSR count). The Kier molecular flexibility index (Phi) is 8.19. The summed E-state index contributed by atoms with van der Waals surface area (Å²) in [7, 11) is 0. The minimum atomic E-state index is 0.309. The van der Waals surface area contributed by atoms with E-state index in [-0.39, 0.29) is 0 Å². The fourth-order valence-corrected chi connectivity index (χ4v) is 4.24. The van der Waals surface area contributed by atoms with Crippen molar-refractivity contribution in [2.45, 2.75) is 33.1 Å². The molecule has 0 heterocycles. The Morgan fingerprint density at radius 3 is 1.34 bits per heavy atom. The second-order valence-electron chi connectivity index (χ2n) is 8.38. The summed E-state index contributed by atoms with van der Waals surface area (Å²) >= 11 is 0. The van der Waals surface area contributed by atoms with E-state index in [1.54, 1.807) is 0 Å². The first-order chi connectivity index (χ1) is 17.2. The number of ether oxygens (including phenoxy) is 2. The molecule has 0 amide bonds. The Morgan fingerprint density at radius 2 is 0.971 bits per heavy atom. The van der Waals surface area contributed by atoms with E-state index < -0.39 is 0 Å². The summed E-state index contributed by atoms with van der Waals surface area (Å²) in [6, 6.07) is 33.0. The van der Waals surface area contributed by atoms with Crippen LogP contribution in [-0.2, 0) is 0 Å². The third-order valence-electron chi connectivity index (χ3n) is 5.96. The summed E-state index contributed by atoms with van der Waals surface area (Å²) in [5.74, 6) is 3.70. The quantitative estimate of drug-likeness (QED) is 0.247. The molecule has 0 bridgehead atoms. The minimum absolute atomic E-state index is 0.309. The number of benzene rings is 4. The molecule has 0 unspecified atom stereocenters. The van der Waals surface area contributed by atoms with Gasteiger partial charge in [-0.25, -0.2) is 0 Å². The first-order valence-electron chi connectivity index (χ1n) is 12.2. The zero-order valence-corrected chi connectivity index (χ0v) is 20.6. The lowest BCUT2D eigenvalue weighted by molar-refractivity contribution is 0.481. The van der Waals surface area contributed by atoms with Crippen LogP contribution in [0.25, 0.3) is 12.2 Å². The minimum Gasteiger partial charge on any atom is -0.457 e. The molecule has 0 radical (unpaired) electrons. The van der Waals surface area contributed by atoms with Gasteiger partial charge in [-0.05, 0) is 67.8 Å². The van der Waals surface area contributed by atoms with Crippen LogP contribution in [0.2, 0.25) is 0 Å². The van der Waals surface area contributed by atoms with Crippen molar-refractivity contribution in [1.29, 1.82) is 0 Å².